The molecule has 18 heavy (non-hydrogen) atoms. The number of amides is 1. The van der Waals surface area contributed by atoms with Crippen LogP contribution in [0, 0.1) is 11.8 Å². The van der Waals surface area contributed by atoms with Crippen molar-refractivity contribution in [2.24, 2.45) is 11.8 Å². The number of rotatable bonds is 4. The summed E-state index contributed by atoms with van der Waals surface area (Å²) in [7, 11) is 0. The van der Waals surface area contributed by atoms with E-state index < -0.39 is 0 Å². The van der Waals surface area contributed by atoms with Gasteiger partial charge in [-0.2, -0.15) is 0 Å². The smallest absolute Gasteiger partial charge is 0.222 e. The summed E-state index contributed by atoms with van der Waals surface area (Å²) in [6, 6.07) is 0. The van der Waals surface area contributed by atoms with Crippen LogP contribution >= 0.6 is 0 Å². The standard InChI is InChI=1S/C15H30N2O/c1-12(2)13-6-7-14(18)17(10-8-13)11-9-16-15(3,4)5/h12-13,16H,6-11H2,1-5H3. The summed E-state index contributed by atoms with van der Waals surface area (Å²) < 4.78 is 0. The highest BCUT2D eigenvalue weighted by atomic mass is 16.2. The van der Waals surface area contributed by atoms with Crippen LogP contribution in [0.3, 0.4) is 0 Å². The predicted molar refractivity (Wildman–Crippen MR) is 76.5 cm³/mol. The lowest BCUT2D eigenvalue weighted by Gasteiger charge is -2.25. The number of nitrogens with one attached hydrogen (secondary N) is 1. The van der Waals surface area contributed by atoms with Crippen molar-refractivity contribution < 1.29 is 4.79 Å². The Morgan fingerprint density at radius 1 is 1.33 bits per heavy atom. The summed E-state index contributed by atoms with van der Waals surface area (Å²) in [6.07, 6.45) is 2.97. The van der Waals surface area contributed by atoms with E-state index in [1.54, 1.807) is 0 Å². The fraction of sp³-hybridized carbons (Fsp3) is 0.933. The average molecular weight is 254 g/mol. The number of likely N-dealkylation sites (tertiary alicyclic amines) is 1. The van der Waals surface area contributed by atoms with E-state index in [-0.39, 0.29) is 5.54 Å². The summed E-state index contributed by atoms with van der Waals surface area (Å²) in [4.78, 5) is 14.1. The second kappa shape index (κ2) is 6.55. The van der Waals surface area contributed by atoms with E-state index >= 15 is 0 Å². The molecule has 3 heteroatoms. The zero-order chi connectivity index (χ0) is 13.8. The molecule has 0 radical (unpaired) electrons. The molecular formula is C15H30N2O. The Morgan fingerprint density at radius 2 is 2.00 bits per heavy atom. The lowest BCUT2D eigenvalue weighted by atomic mass is 9.89. The van der Waals surface area contributed by atoms with Gasteiger partial charge in [0.1, 0.15) is 0 Å². The van der Waals surface area contributed by atoms with Gasteiger partial charge in [0, 0.05) is 31.6 Å². The summed E-state index contributed by atoms with van der Waals surface area (Å²) >= 11 is 0. The van der Waals surface area contributed by atoms with E-state index in [9.17, 15) is 4.79 Å². The molecule has 1 unspecified atom stereocenters. The SMILES string of the molecule is CC(C)C1CCC(=O)N(CCNC(C)(C)C)CC1. The molecule has 0 aromatic carbocycles. The maximum atomic E-state index is 12.0. The molecule has 0 aromatic rings. The minimum atomic E-state index is 0.134. The number of hydrogen-bond donors (Lipinski definition) is 1. The van der Waals surface area contributed by atoms with Crippen LogP contribution in [0.2, 0.25) is 0 Å². The molecular weight excluding hydrogens is 224 g/mol. The van der Waals surface area contributed by atoms with Gasteiger partial charge in [0.2, 0.25) is 5.91 Å². The molecule has 1 aliphatic heterocycles. The second-order valence-electron chi connectivity index (χ2n) is 6.89. The van der Waals surface area contributed by atoms with E-state index in [1.807, 2.05) is 4.90 Å². The highest BCUT2D eigenvalue weighted by Gasteiger charge is 2.24. The topological polar surface area (TPSA) is 32.3 Å². The third-order valence-corrected chi connectivity index (χ3v) is 3.83. The zero-order valence-electron chi connectivity index (χ0n) is 12.8. The molecule has 0 spiro atoms. The largest absolute Gasteiger partial charge is 0.341 e. The summed E-state index contributed by atoms with van der Waals surface area (Å²) in [6.45, 7) is 13.7. The van der Waals surface area contributed by atoms with Crippen LogP contribution in [-0.2, 0) is 4.79 Å². The molecule has 0 saturated carbocycles. The molecule has 1 atom stereocenters. The number of carbonyl (C=O) groups excluding carboxylic acids is 1. The highest BCUT2D eigenvalue weighted by molar-refractivity contribution is 5.76. The van der Waals surface area contributed by atoms with Gasteiger partial charge in [0.25, 0.3) is 0 Å². The molecule has 1 aliphatic rings. The lowest BCUT2D eigenvalue weighted by molar-refractivity contribution is -0.130. The molecule has 0 bridgehead atoms. The Bertz CT molecular complexity index is 268. The van der Waals surface area contributed by atoms with Crippen LogP contribution in [-0.4, -0.2) is 36.0 Å². The summed E-state index contributed by atoms with van der Waals surface area (Å²) in [5.74, 6) is 1.76. The molecule has 0 aliphatic carbocycles. The van der Waals surface area contributed by atoms with Crippen LogP contribution in [0.1, 0.15) is 53.9 Å². The van der Waals surface area contributed by atoms with E-state index in [0.29, 0.717) is 11.8 Å². The first-order valence-corrected chi connectivity index (χ1v) is 7.32. The number of carbonyl (C=O) groups is 1. The van der Waals surface area contributed by atoms with Gasteiger partial charge in [-0.3, -0.25) is 4.79 Å². The fourth-order valence-corrected chi connectivity index (χ4v) is 2.53. The van der Waals surface area contributed by atoms with Gasteiger partial charge in [-0.25, -0.2) is 0 Å². The van der Waals surface area contributed by atoms with Crippen molar-refractivity contribution in [3.05, 3.63) is 0 Å². The van der Waals surface area contributed by atoms with Crippen molar-refractivity contribution in [2.75, 3.05) is 19.6 Å². The van der Waals surface area contributed by atoms with Gasteiger partial charge >= 0.3 is 0 Å². The maximum Gasteiger partial charge on any atom is 0.222 e. The molecule has 3 nitrogen and oxygen atoms in total. The van der Waals surface area contributed by atoms with Gasteiger partial charge in [0.15, 0.2) is 0 Å². The first-order valence-electron chi connectivity index (χ1n) is 7.32. The molecule has 1 saturated heterocycles. The van der Waals surface area contributed by atoms with E-state index in [0.717, 1.165) is 38.4 Å². The van der Waals surface area contributed by atoms with Crippen LogP contribution in [0.25, 0.3) is 0 Å². The molecule has 1 amide bonds. The van der Waals surface area contributed by atoms with Crippen LogP contribution < -0.4 is 5.32 Å². The van der Waals surface area contributed by atoms with Crippen molar-refractivity contribution in [1.82, 2.24) is 10.2 Å². The van der Waals surface area contributed by atoms with Gasteiger partial charge < -0.3 is 10.2 Å². The molecule has 1 fully saturated rings. The first kappa shape index (κ1) is 15.5. The Morgan fingerprint density at radius 3 is 2.56 bits per heavy atom. The minimum absolute atomic E-state index is 0.134. The Kier molecular flexibility index (Phi) is 5.64. The number of hydrogen-bond acceptors (Lipinski definition) is 2. The molecule has 1 heterocycles. The normalized spacial score (nSPS) is 22.4. The predicted octanol–water partition coefficient (Wildman–Crippen LogP) is 2.66. The van der Waals surface area contributed by atoms with Crippen molar-refractivity contribution in [3.8, 4) is 0 Å². The third-order valence-electron chi connectivity index (χ3n) is 3.83. The van der Waals surface area contributed by atoms with Crippen molar-refractivity contribution in [1.29, 1.82) is 0 Å². The van der Waals surface area contributed by atoms with Gasteiger partial charge in [-0.15, -0.1) is 0 Å². The fourth-order valence-electron chi connectivity index (χ4n) is 2.53. The Labute approximate surface area is 112 Å². The van der Waals surface area contributed by atoms with Crippen LogP contribution in [0.4, 0.5) is 0 Å². The average Bonchev–Trinajstić information content (AvgIpc) is 2.40. The third kappa shape index (κ3) is 5.38. The molecule has 106 valence electrons. The minimum Gasteiger partial charge on any atom is -0.341 e. The van der Waals surface area contributed by atoms with Gasteiger partial charge in [-0.05, 0) is 45.4 Å². The molecule has 1 rings (SSSR count). The maximum absolute atomic E-state index is 12.0. The van der Waals surface area contributed by atoms with E-state index in [2.05, 4.69) is 39.9 Å². The van der Waals surface area contributed by atoms with Crippen molar-refractivity contribution in [3.63, 3.8) is 0 Å². The van der Waals surface area contributed by atoms with Gasteiger partial charge in [0.05, 0.1) is 0 Å². The monoisotopic (exact) mass is 254 g/mol. The molecule has 1 N–H and O–H groups in total. The Hall–Kier alpha value is -0.570. The number of nitrogens with zero attached hydrogens (tertiary/aromatic N) is 1. The zero-order valence-corrected chi connectivity index (χ0v) is 12.8. The Balaban J connectivity index is 2.39. The van der Waals surface area contributed by atoms with Crippen molar-refractivity contribution in [2.45, 2.75) is 59.4 Å². The van der Waals surface area contributed by atoms with Crippen LogP contribution in [0.5, 0.6) is 0 Å². The van der Waals surface area contributed by atoms with Crippen molar-refractivity contribution >= 4 is 5.91 Å². The van der Waals surface area contributed by atoms with Gasteiger partial charge in [-0.1, -0.05) is 13.8 Å². The highest BCUT2D eigenvalue weighted by Crippen LogP contribution is 2.24. The quantitative estimate of drug-likeness (QED) is 0.836. The first-order chi connectivity index (χ1) is 8.29. The van der Waals surface area contributed by atoms with Crippen LogP contribution in [0.15, 0.2) is 0 Å². The van der Waals surface area contributed by atoms with E-state index in [1.165, 1.54) is 6.42 Å². The summed E-state index contributed by atoms with van der Waals surface area (Å²) in [5, 5.41) is 3.45. The van der Waals surface area contributed by atoms with E-state index in [4.69, 9.17) is 0 Å². The second-order valence-corrected chi connectivity index (χ2v) is 6.89. The lowest BCUT2D eigenvalue weighted by Crippen LogP contribution is -2.43. The molecule has 0 aromatic heterocycles. The summed E-state index contributed by atoms with van der Waals surface area (Å²) in [5.41, 5.74) is 0.134.